The van der Waals surface area contributed by atoms with E-state index in [1.807, 2.05) is 42.5 Å². The molecule has 0 atom stereocenters. The number of hydrogen-bond donors (Lipinski definition) is 2. The number of benzene rings is 4. The van der Waals surface area contributed by atoms with E-state index in [2.05, 4.69) is 4.98 Å². The van der Waals surface area contributed by atoms with Crippen molar-refractivity contribution in [2.24, 2.45) is 0 Å². The molecular weight excluding hydrogens is 460 g/mol. The van der Waals surface area contributed by atoms with Crippen LogP contribution < -0.4 is 4.90 Å². The quantitative estimate of drug-likeness (QED) is 0.335. The second-order valence-electron chi connectivity index (χ2n) is 8.28. The predicted molar refractivity (Wildman–Crippen MR) is 131 cm³/mol. The van der Waals surface area contributed by atoms with Gasteiger partial charge in [-0.15, -0.1) is 0 Å². The summed E-state index contributed by atoms with van der Waals surface area (Å²) in [6, 6.07) is 23.4. The molecule has 36 heavy (non-hydrogen) atoms. The molecule has 8 heteroatoms. The van der Waals surface area contributed by atoms with Crippen molar-refractivity contribution in [3.63, 3.8) is 0 Å². The predicted octanol–water partition coefficient (Wildman–Crippen LogP) is 5.37. The molecule has 0 fully saturated rings. The standard InChI is InChI=1S/C28H16N2O6/c31-23-10-8-18(30-26(32)19-9-6-17(28(34)35)12-20(19)27(30)33)14-21(23)25-29-22-13-16(7-11-24(22)36-25)15-4-2-1-3-5-15/h1-14,31H,(H,34,35). The lowest BCUT2D eigenvalue weighted by Gasteiger charge is -2.15. The van der Waals surface area contributed by atoms with Crippen LogP contribution in [-0.4, -0.2) is 33.0 Å². The van der Waals surface area contributed by atoms with Crippen LogP contribution in [0.15, 0.2) is 89.3 Å². The van der Waals surface area contributed by atoms with Crippen LogP contribution in [0, 0.1) is 0 Å². The van der Waals surface area contributed by atoms with Gasteiger partial charge in [0.05, 0.1) is 27.9 Å². The molecule has 1 aromatic heterocycles. The minimum atomic E-state index is -1.20. The number of carbonyl (C=O) groups excluding carboxylic acids is 2. The second kappa shape index (κ2) is 7.92. The Kier molecular flexibility index (Phi) is 4.69. The summed E-state index contributed by atoms with van der Waals surface area (Å²) in [5, 5.41) is 19.8. The van der Waals surface area contributed by atoms with Crippen molar-refractivity contribution in [3.05, 3.63) is 102 Å². The number of carbonyl (C=O) groups is 3. The monoisotopic (exact) mass is 476 g/mol. The van der Waals surface area contributed by atoms with E-state index in [0.717, 1.165) is 16.0 Å². The van der Waals surface area contributed by atoms with Gasteiger partial charge in [-0.05, 0) is 59.7 Å². The van der Waals surface area contributed by atoms with E-state index in [9.17, 15) is 24.6 Å². The van der Waals surface area contributed by atoms with Crippen LogP contribution in [-0.2, 0) is 0 Å². The van der Waals surface area contributed by atoms with Crippen molar-refractivity contribution < 1.29 is 29.0 Å². The molecule has 0 saturated carbocycles. The number of imide groups is 1. The Bertz CT molecular complexity index is 1720. The summed E-state index contributed by atoms with van der Waals surface area (Å²) >= 11 is 0. The summed E-state index contributed by atoms with van der Waals surface area (Å²) in [5.74, 6) is -2.46. The summed E-state index contributed by atoms with van der Waals surface area (Å²) < 4.78 is 5.88. The van der Waals surface area contributed by atoms with E-state index in [-0.39, 0.29) is 39.6 Å². The molecule has 2 amide bonds. The van der Waals surface area contributed by atoms with Crippen LogP contribution in [0.25, 0.3) is 33.7 Å². The molecule has 0 unspecified atom stereocenters. The van der Waals surface area contributed by atoms with Gasteiger partial charge in [0.1, 0.15) is 11.3 Å². The second-order valence-corrected chi connectivity index (χ2v) is 8.28. The lowest BCUT2D eigenvalue weighted by atomic mass is 10.1. The molecule has 2 heterocycles. The van der Waals surface area contributed by atoms with Gasteiger partial charge in [0.2, 0.25) is 5.89 Å². The Labute approximate surface area is 203 Å². The molecule has 1 aliphatic heterocycles. The fraction of sp³-hybridized carbons (Fsp3) is 0. The molecule has 0 aliphatic carbocycles. The third-order valence-electron chi connectivity index (χ3n) is 6.10. The van der Waals surface area contributed by atoms with Gasteiger partial charge in [-0.3, -0.25) is 9.59 Å². The Morgan fingerprint density at radius 2 is 1.56 bits per heavy atom. The fourth-order valence-electron chi connectivity index (χ4n) is 4.30. The third-order valence-corrected chi connectivity index (χ3v) is 6.10. The normalized spacial score (nSPS) is 12.8. The molecule has 4 aromatic carbocycles. The van der Waals surface area contributed by atoms with Crippen LogP contribution in [0.5, 0.6) is 5.75 Å². The number of phenolic OH excluding ortho intramolecular Hbond substituents is 1. The number of amides is 2. The molecule has 2 N–H and O–H groups in total. The third kappa shape index (κ3) is 3.32. The number of fused-ring (bicyclic) bond motifs is 2. The van der Waals surface area contributed by atoms with Crippen LogP contribution in [0.2, 0.25) is 0 Å². The van der Waals surface area contributed by atoms with Crippen LogP contribution in [0.1, 0.15) is 31.1 Å². The lowest BCUT2D eigenvalue weighted by Crippen LogP contribution is -2.29. The molecule has 8 nitrogen and oxygen atoms in total. The number of aromatic carboxylic acids is 1. The number of nitrogens with zero attached hydrogens (tertiary/aromatic N) is 2. The molecule has 1 aliphatic rings. The van der Waals surface area contributed by atoms with Crippen molar-refractivity contribution in [2.75, 3.05) is 4.90 Å². The molecule has 0 bridgehead atoms. The summed E-state index contributed by atoms with van der Waals surface area (Å²) in [7, 11) is 0. The maximum atomic E-state index is 13.0. The van der Waals surface area contributed by atoms with Crippen molar-refractivity contribution in [1.82, 2.24) is 4.98 Å². The Morgan fingerprint density at radius 1 is 0.778 bits per heavy atom. The molecule has 0 saturated heterocycles. The topological polar surface area (TPSA) is 121 Å². The molecule has 5 aromatic rings. The molecular formula is C28H16N2O6. The van der Waals surface area contributed by atoms with E-state index in [1.165, 1.54) is 36.4 Å². The number of rotatable bonds is 4. The Hall–Kier alpha value is -5.24. The molecule has 0 radical (unpaired) electrons. The number of carboxylic acids is 1. The first-order valence-corrected chi connectivity index (χ1v) is 11.0. The first-order chi connectivity index (χ1) is 17.4. The molecule has 6 rings (SSSR count). The van der Waals surface area contributed by atoms with E-state index < -0.39 is 17.8 Å². The molecule has 0 spiro atoms. The van der Waals surface area contributed by atoms with Gasteiger partial charge < -0.3 is 14.6 Å². The van der Waals surface area contributed by atoms with E-state index in [1.54, 1.807) is 6.07 Å². The van der Waals surface area contributed by atoms with Crippen molar-refractivity contribution in [1.29, 1.82) is 0 Å². The molecule has 174 valence electrons. The van der Waals surface area contributed by atoms with Gasteiger partial charge in [0.25, 0.3) is 11.8 Å². The first-order valence-electron chi connectivity index (χ1n) is 11.0. The SMILES string of the molecule is O=C(O)c1ccc2c(c1)C(=O)N(c1ccc(O)c(-c3nc4cc(-c5ccccc5)ccc4o3)c1)C2=O. The van der Waals surface area contributed by atoms with Gasteiger partial charge >= 0.3 is 5.97 Å². The zero-order valence-corrected chi connectivity index (χ0v) is 18.5. The van der Waals surface area contributed by atoms with Gasteiger partial charge in [0.15, 0.2) is 5.58 Å². The van der Waals surface area contributed by atoms with Crippen LogP contribution >= 0.6 is 0 Å². The number of phenols is 1. The van der Waals surface area contributed by atoms with Crippen molar-refractivity contribution in [2.45, 2.75) is 0 Å². The maximum absolute atomic E-state index is 13.0. The van der Waals surface area contributed by atoms with Crippen LogP contribution in [0.3, 0.4) is 0 Å². The lowest BCUT2D eigenvalue weighted by molar-refractivity contribution is 0.0696. The summed E-state index contributed by atoms with van der Waals surface area (Å²) in [5.41, 5.74) is 3.47. The summed E-state index contributed by atoms with van der Waals surface area (Å²) in [4.78, 5) is 42.8. The number of aromatic nitrogens is 1. The Morgan fingerprint density at radius 3 is 2.33 bits per heavy atom. The van der Waals surface area contributed by atoms with Gasteiger partial charge in [-0.25, -0.2) is 14.7 Å². The summed E-state index contributed by atoms with van der Waals surface area (Å²) in [6.07, 6.45) is 0. The van der Waals surface area contributed by atoms with Gasteiger partial charge in [-0.1, -0.05) is 36.4 Å². The van der Waals surface area contributed by atoms with E-state index in [4.69, 9.17) is 4.42 Å². The maximum Gasteiger partial charge on any atom is 0.335 e. The number of oxazole rings is 1. The van der Waals surface area contributed by atoms with E-state index in [0.29, 0.717) is 11.1 Å². The zero-order chi connectivity index (χ0) is 25.0. The average molecular weight is 476 g/mol. The Balaban J connectivity index is 1.39. The smallest absolute Gasteiger partial charge is 0.335 e. The fourth-order valence-corrected chi connectivity index (χ4v) is 4.30. The zero-order valence-electron chi connectivity index (χ0n) is 18.5. The highest BCUT2D eigenvalue weighted by Gasteiger charge is 2.37. The average Bonchev–Trinajstić information content (AvgIpc) is 3.43. The summed E-state index contributed by atoms with van der Waals surface area (Å²) in [6.45, 7) is 0. The number of anilines is 1. The highest BCUT2D eigenvalue weighted by Crippen LogP contribution is 2.37. The van der Waals surface area contributed by atoms with Crippen molar-refractivity contribution in [3.8, 4) is 28.3 Å². The number of carboxylic acid groups (broad SMARTS) is 1. The van der Waals surface area contributed by atoms with Gasteiger partial charge in [-0.2, -0.15) is 0 Å². The largest absolute Gasteiger partial charge is 0.507 e. The highest BCUT2D eigenvalue weighted by molar-refractivity contribution is 6.34. The van der Waals surface area contributed by atoms with Crippen LogP contribution in [0.4, 0.5) is 5.69 Å². The van der Waals surface area contributed by atoms with Gasteiger partial charge in [0, 0.05) is 0 Å². The first kappa shape index (κ1) is 21.3. The number of hydrogen-bond acceptors (Lipinski definition) is 6. The number of aromatic hydroxyl groups is 1. The van der Waals surface area contributed by atoms with Crippen molar-refractivity contribution >= 4 is 34.6 Å². The minimum Gasteiger partial charge on any atom is -0.507 e. The van der Waals surface area contributed by atoms with E-state index >= 15 is 0 Å². The minimum absolute atomic E-state index is 0.00447. The highest BCUT2D eigenvalue weighted by atomic mass is 16.4.